The highest BCUT2D eigenvalue weighted by Crippen LogP contribution is 2.27. The number of rotatable bonds is 5. The first-order chi connectivity index (χ1) is 14.5. The van der Waals surface area contributed by atoms with E-state index in [-0.39, 0.29) is 17.2 Å². The Balaban J connectivity index is 1.64. The highest BCUT2D eigenvalue weighted by Gasteiger charge is 2.29. The molecule has 5 rings (SSSR count). The van der Waals surface area contributed by atoms with E-state index in [1.54, 1.807) is 4.57 Å². The standard InChI is InChI=1S/C22H21N5O2S/c1-14-7-9-16(10-8-14)26-20(29)17-5-3-4-6-18(17)27-21(26)23-24-22(27)30-13-19(28)25(2)15-11-12-15/h3-10,15H,11-13H2,1-2H3. The van der Waals surface area contributed by atoms with Gasteiger partial charge < -0.3 is 4.90 Å². The quantitative estimate of drug-likeness (QED) is 0.465. The van der Waals surface area contributed by atoms with Crippen LogP contribution in [0.1, 0.15) is 18.4 Å². The summed E-state index contributed by atoms with van der Waals surface area (Å²) in [5, 5.41) is 9.83. The topological polar surface area (TPSA) is 72.5 Å². The summed E-state index contributed by atoms with van der Waals surface area (Å²) in [5.41, 5.74) is 2.43. The van der Waals surface area contributed by atoms with Crippen LogP contribution < -0.4 is 5.56 Å². The summed E-state index contributed by atoms with van der Waals surface area (Å²) in [6.07, 6.45) is 2.16. The fourth-order valence-electron chi connectivity index (χ4n) is 3.59. The van der Waals surface area contributed by atoms with E-state index < -0.39 is 0 Å². The number of amides is 1. The van der Waals surface area contributed by atoms with E-state index in [1.807, 2.05) is 71.8 Å². The molecule has 1 amide bonds. The number of benzene rings is 2. The lowest BCUT2D eigenvalue weighted by Crippen LogP contribution is -2.30. The van der Waals surface area contributed by atoms with Gasteiger partial charge in [0.05, 0.1) is 22.3 Å². The number of hydrogen-bond donors (Lipinski definition) is 0. The third-order valence-electron chi connectivity index (χ3n) is 5.50. The number of carbonyl (C=O) groups excluding carboxylic acids is 1. The Hall–Kier alpha value is -3.13. The zero-order chi connectivity index (χ0) is 20.8. The molecule has 2 aromatic heterocycles. The Morgan fingerprint density at radius 2 is 1.87 bits per heavy atom. The van der Waals surface area contributed by atoms with Crippen molar-refractivity contribution in [2.24, 2.45) is 0 Å². The molecule has 152 valence electrons. The van der Waals surface area contributed by atoms with Crippen LogP contribution in [0.5, 0.6) is 0 Å². The summed E-state index contributed by atoms with van der Waals surface area (Å²) in [6, 6.07) is 15.5. The van der Waals surface area contributed by atoms with Crippen molar-refractivity contribution in [2.75, 3.05) is 12.8 Å². The van der Waals surface area contributed by atoms with Crippen molar-refractivity contribution in [2.45, 2.75) is 31.0 Å². The second kappa shape index (κ2) is 7.28. The van der Waals surface area contributed by atoms with Crippen LogP contribution in [0.15, 0.2) is 58.5 Å². The third-order valence-corrected chi connectivity index (χ3v) is 6.41. The molecule has 1 fully saturated rings. The zero-order valence-electron chi connectivity index (χ0n) is 16.8. The minimum atomic E-state index is -0.143. The first-order valence-corrected chi connectivity index (χ1v) is 10.9. The van der Waals surface area contributed by atoms with Crippen molar-refractivity contribution in [1.82, 2.24) is 24.1 Å². The molecule has 4 aromatic rings. The van der Waals surface area contributed by atoms with Gasteiger partial charge in [-0.05, 0) is 44.0 Å². The Kier molecular flexibility index (Phi) is 4.58. The molecule has 1 aliphatic carbocycles. The molecule has 0 aliphatic heterocycles. The molecule has 0 bridgehead atoms. The minimum Gasteiger partial charge on any atom is -0.342 e. The fraction of sp³-hybridized carbons (Fsp3) is 0.273. The molecule has 0 atom stereocenters. The van der Waals surface area contributed by atoms with Crippen LogP contribution in [-0.2, 0) is 4.79 Å². The predicted octanol–water partition coefficient (Wildman–Crippen LogP) is 3.05. The molecular formula is C22H21N5O2S. The van der Waals surface area contributed by atoms with Crippen LogP contribution in [0.3, 0.4) is 0 Å². The van der Waals surface area contributed by atoms with E-state index in [9.17, 15) is 9.59 Å². The van der Waals surface area contributed by atoms with Gasteiger partial charge in [-0.2, -0.15) is 0 Å². The van der Waals surface area contributed by atoms with Gasteiger partial charge in [0.25, 0.3) is 5.56 Å². The molecule has 1 saturated carbocycles. The molecule has 0 unspecified atom stereocenters. The van der Waals surface area contributed by atoms with Gasteiger partial charge in [0.15, 0.2) is 5.16 Å². The highest BCUT2D eigenvalue weighted by molar-refractivity contribution is 7.99. The lowest BCUT2D eigenvalue weighted by Gasteiger charge is -2.15. The van der Waals surface area contributed by atoms with Gasteiger partial charge in [-0.25, -0.2) is 4.57 Å². The number of fused-ring (bicyclic) bond motifs is 3. The van der Waals surface area contributed by atoms with Gasteiger partial charge in [-0.3, -0.25) is 14.0 Å². The molecule has 1 aliphatic rings. The predicted molar refractivity (Wildman–Crippen MR) is 117 cm³/mol. The Morgan fingerprint density at radius 1 is 1.13 bits per heavy atom. The van der Waals surface area contributed by atoms with E-state index >= 15 is 0 Å². The minimum absolute atomic E-state index is 0.0791. The Labute approximate surface area is 177 Å². The number of aromatic nitrogens is 4. The van der Waals surface area contributed by atoms with Crippen LogP contribution >= 0.6 is 11.8 Å². The van der Waals surface area contributed by atoms with E-state index in [0.29, 0.717) is 22.4 Å². The SMILES string of the molecule is Cc1ccc(-n2c(=O)c3ccccc3n3c(SCC(=O)N(C)C4CC4)nnc23)cc1. The lowest BCUT2D eigenvalue weighted by atomic mass is 10.2. The van der Waals surface area contributed by atoms with E-state index in [4.69, 9.17) is 0 Å². The van der Waals surface area contributed by atoms with E-state index in [0.717, 1.165) is 29.6 Å². The van der Waals surface area contributed by atoms with Gasteiger partial charge in [0.2, 0.25) is 11.7 Å². The summed E-state index contributed by atoms with van der Waals surface area (Å²) in [4.78, 5) is 27.6. The van der Waals surface area contributed by atoms with Crippen molar-refractivity contribution in [1.29, 1.82) is 0 Å². The number of para-hydroxylation sites is 1. The number of aryl methyl sites for hydroxylation is 1. The van der Waals surface area contributed by atoms with Crippen molar-refractivity contribution >= 4 is 34.3 Å². The fourth-order valence-corrected chi connectivity index (χ4v) is 4.46. The molecule has 7 nitrogen and oxygen atoms in total. The van der Waals surface area contributed by atoms with Crippen molar-refractivity contribution < 1.29 is 4.79 Å². The van der Waals surface area contributed by atoms with Crippen LogP contribution in [0.25, 0.3) is 22.4 Å². The number of hydrogen-bond acceptors (Lipinski definition) is 5. The molecular weight excluding hydrogens is 398 g/mol. The first-order valence-electron chi connectivity index (χ1n) is 9.89. The van der Waals surface area contributed by atoms with Crippen LogP contribution in [0, 0.1) is 6.92 Å². The second-order valence-electron chi connectivity index (χ2n) is 7.64. The van der Waals surface area contributed by atoms with Crippen molar-refractivity contribution in [3.05, 3.63) is 64.4 Å². The summed E-state index contributed by atoms with van der Waals surface area (Å²) in [7, 11) is 1.85. The molecule has 0 saturated heterocycles. The second-order valence-corrected chi connectivity index (χ2v) is 8.58. The third kappa shape index (κ3) is 3.17. The number of carbonyl (C=O) groups is 1. The van der Waals surface area contributed by atoms with E-state index in [1.165, 1.54) is 11.8 Å². The zero-order valence-corrected chi connectivity index (χ0v) is 17.6. The highest BCUT2D eigenvalue weighted by atomic mass is 32.2. The maximum atomic E-state index is 13.3. The number of nitrogens with zero attached hydrogens (tertiary/aromatic N) is 5. The monoisotopic (exact) mass is 419 g/mol. The largest absolute Gasteiger partial charge is 0.342 e. The van der Waals surface area contributed by atoms with Gasteiger partial charge in [0, 0.05) is 13.1 Å². The van der Waals surface area contributed by atoms with Gasteiger partial charge in [-0.1, -0.05) is 41.6 Å². The van der Waals surface area contributed by atoms with Crippen molar-refractivity contribution in [3.63, 3.8) is 0 Å². The van der Waals surface area contributed by atoms with E-state index in [2.05, 4.69) is 10.2 Å². The lowest BCUT2D eigenvalue weighted by molar-refractivity contribution is -0.127. The average Bonchev–Trinajstić information content (AvgIpc) is 3.53. The van der Waals surface area contributed by atoms with Crippen LogP contribution in [-0.4, -0.2) is 48.8 Å². The Morgan fingerprint density at radius 3 is 2.60 bits per heavy atom. The van der Waals surface area contributed by atoms with Crippen molar-refractivity contribution in [3.8, 4) is 5.69 Å². The van der Waals surface area contributed by atoms with Gasteiger partial charge in [-0.15, -0.1) is 10.2 Å². The van der Waals surface area contributed by atoms with Gasteiger partial charge >= 0.3 is 0 Å². The number of thioether (sulfide) groups is 1. The van der Waals surface area contributed by atoms with Crippen LogP contribution in [0.4, 0.5) is 0 Å². The summed E-state index contributed by atoms with van der Waals surface area (Å²) in [5.74, 6) is 0.801. The maximum Gasteiger partial charge on any atom is 0.267 e. The summed E-state index contributed by atoms with van der Waals surface area (Å²) >= 11 is 1.35. The molecule has 2 aromatic carbocycles. The maximum absolute atomic E-state index is 13.3. The average molecular weight is 420 g/mol. The molecule has 30 heavy (non-hydrogen) atoms. The first kappa shape index (κ1) is 18.9. The smallest absolute Gasteiger partial charge is 0.267 e. The molecule has 8 heteroatoms. The normalized spacial score (nSPS) is 13.8. The molecule has 2 heterocycles. The van der Waals surface area contributed by atoms with Crippen LogP contribution in [0.2, 0.25) is 0 Å². The molecule has 0 N–H and O–H groups in total. The van der Waals surface area contributed by atoms with Gasteiger partial charge in [0.1, 0.15) is 0 Å². The summed E-state index contributed by atoms with van der Waals surface area (Å²) < 4.78 is 3.45. The molecule has 0 radical (unpaired) electrons. The summed E-state index contributed by atoms with van der Waals surface area (Å²) in [6.45, 7) is 2.00. The molecule has 0 spiro atoms. The Bertz CT molecular complexity index is 1320.